The van der Waals surface area contributed by atoms with Crippen LogP contribution in [0, 0.1) is 0 Å². The van der Waals surface area contributed by atoms with Gasteiger partial charge in [-0.3, -0.25) is 4.79 Å². The summed E-state index contributed by atoms with van der Waals surface area (Å²) in [4.78, 5) is 12.1. The topological polar surface area (TPSA) is 29.1 Å². The molecule has 0 aromatic heterocycles. The Bertz CT molecular complexity index is 388. The summed E-state index contributed by atoms with van der Waals surface area (Å²) in [6.45, 7) is 10.9. The first kappa shape index (κ1) is 27.2. The molecule has 166 valence electrons. The molecule has 3 nitrogen and oxygen atoms in total. The molecule has 0 aliphatic carbocycles. The number of quaternary nitrogens is 1. The predicted octanol–water partition coefficient (Wildman–Crippen LogP) is 6.97. The molecule has 28 heavy (non-hydrogen) atoms. The molecule has 0 rings (SSSR count). The van der Waals surface area contributed by atoms with Gasteiger partial charge >= 0.3 is 0 Å². The number of rotatable bonds is 19. The Morgan fingerprint density at radius 1 is 0.786 bits per heavy atom. The van der Waals surface area contributed by atoms with Crippen LogP contribution in [-0.2, 0) is 4.79 Å². The zero-order chi connectivity index (χ0) is 21.1. The monoisotopic (exact) mass is 395 g/mol. The van der Waals surface area contributed by atoms with E-state index in [1.165, 1.54) is 77.0 Å². The molecule has 3 heteroatoms. The smallest absolute Gasteiger partial charge is 0.224 e. The Hall–Kier alpha value is -0.830. The van der Waals surface area contributed by atoms with Crippen molar-refractivity contribution in [3.8, 4) is 0 Å². The number of hydrogen-bond acceptors (Lipinski definition) is 1. The third kappa shape index (κ3) is 14.2. The first-order valence-corrected chi connectivity index (χ1v) is 12.3. The summed E-state index contributed by atoms with van der Waals surface area (Å²) in [5.41, 5.74) is 0. The Morgan fingerprint density at radius 3 is 1.75 bits per heavy atom. The average molecular weight is 396 g/mol. The zero-order valence-corrected chi connectivity index (χ0v) is 19.9. The number of unbranched alkanes of at least 4 members (excludes halogenated alkanes) is 11. The lowest BCUT2D eigenvalue weighted by Crippen LogP contribution is -2.58. The van der Waals surface area contributed by atoms with Crippen LogP contribution in [-0.4, -0.2) is 36.7 Å². The van der Waals surface area contributed by atoms with Crippen LogP contribution >= 0.6 is 0 Å². The van der Waals surface area contributed by atoms with Crippen molar-refractivity contribution in [1.82, 2.24) is 5.32 Å². The molecule has 0 fully saturated rings. The number of allylic oxidation sites excluding steroid dienone is 2. The van der Waals surface area contributed by atoms with Crippen LogP contribution in [0.5, 0.6) is 0 Å². The van der Waals surface area contributed by atoms with Crippen molar-refractivity contribution in [2.24, 2.45) is 0 Å². The maximum absolute atomic E-state index is 12.1. The molecule has 0 bridgehead atoms. The van der Waals surface area contributed by atoms with Gasteiger partial charge in [0.2, 0.25) is 5.91 Å². The molecule has 1 unspecified atom stereocenters. The second-order valence-electron chi connectivity index (χ2n) is 8.69. The lowest BCUT2D eigenvalue weighted by atomic mass is 10.1. The van der Waals surface area contributed by atoms with Crippen molar-refractivity contribution in [2.45, 2.75) is 124 Å². The van der Waals surface area contributed by atoms with Gasteiger partial charge in [0.1, 0.15) is 0 Å². The number of carbonyl (C=O) groups is 1. The second kappa shape index (κ2) is 18.2. The highest BCUT2D eigenvalue weighted by Crippen LogP contribution is 2.11. The number of nitrogens with zero attached hydrogens (tertiary/aromatic N) is 1. The van der Waals surface area contributed by atoms with Crippen molar-refractivity contribution >= 4 is 5.91 Å². The van der Waals surface area contributed by atoms with E-state index in [0.29, 0.717) is 6.42 Å². The molecule has 0 radical (unpaired) electrons. The lowest BCUT2D eigenvalue weighted by molar-refractivity contribution is -0.930. The SMILES string of the molecule is CCCCCCCC/C=C\CCCCCCCC(=O)NC(C)[N+](C)(CC)CC. The quantitative estimate of drug-likeness (QED) is 0.109. The fourth-order valence-corrected chi connectivity index (χ4v) is 3.59. The van der Waals surface area contributed by atoms with E-state index in [1.807, 2.05) is 0 Å². The highest BCUT2D eigenvalue weighted by molar-refractivity contribution is 5.75. The minimum absolute atomic E-state index is 0.200. The molecule has 0 aliphatic rings. The molecule has 0 aliphatic heterocycles. The molecule has 0 saturated carbocycles. The molecule has 1 N–H and O–H groups in total. The Labute approximate surface area is 176 Å². The first-order chi connectivity index (χ1) is 13.5. The number of amides is 1. The highest BCUT2D eigenvalue weighted by Gasteiger charge is 2.26. The van der Waals surface area contributed by atoms with Gasteiger partial charge in [-0.1, -0.05) is 70.4 Å². The minimum Gasteiger partial charge on any atom is -0.307 e. The van der Waals surface area contributed by atoms with E-state index < -0.39 is 0 Å². The predicted molar refractivity (Wildman–Crippen MR) is 124 cm³/mol. The van der Waals surface area contributed by atoms with E-state index in [2.05, 4.69) is 52.2 Å². The van der Waals surface area contributed by atoms with Crippen LogP contribution in [0.25, 0.3) is 0 Å². The molecule has 0 spiro atoms. The van der Waals surface area contributed by atoms with E-state index in [1.54, 1.807) is 0 Å². The first-order valence-electron chi connectivity index (χ1n) is 12.3. The summed E-state index contributed by atoms with van der Waals surface area (Å²) in [7, 11) is 2.22. The van der Waals surface area contributed by atoms with Crippen LogP contribution in [0.4, 0.5) is 0 Å². The van der Waals surface area contributed by atoms with Crippen LogP contribution in [0.2, 0.25) is 0 Å². The van der Waals surface area contributed by atoms with Crippen molar-refractivity contribution < 1.29 is 9.28 Å². The van der Waals surface area contributed by atoms with E-state index in [0.717, 1.165) is 24.0 Å². The van der Waals surface area contributed by atoms with E-state index in [-0.39, 0.29) is 12.1 Å². The van der Waals surface area contributed by atoms with Gasteiger partial charge in [-0.15, -0.1) is 0 Å². The summed E-state index contributed by atoms with van der Waals surface area (Å²) < 4.78 is 0.901. The maximum Gasteiger partial charge on any atom is 0.224 e. The number of hydrogen-bond donors (Lipinski definition) is 1. The van der Waals surface area contributed by atoms with E-state index in [9.17, 15) is 4.79 Å². The Balaban J connectivity index is 3.50. The van der Waals surface area contributed by atoms with Crippen molar-refractivity contribution in [1.29, 1.82) is 0 Å². The molecule has 0 aromatic carbocycles. The molecule has 1 amide bonds. The van der Waals surface area contributed by atoms with Crippen LogP contribution in [0.3, 0.4) is 0 Å². The second-order valence-corrected chi connectivity index (χ2v) is 8.69. The fourth-order valence-electron chi connectivity index (χ4n) is 3.59. The zero-order valence-electron chi connectivity index (χ0n) is 19.9. The third-order valence-corrected chi connectivity index (χ3v) is 6.42. The molecule has 1 atom stereocenters. The average Bonchev–Trinajstić information content (AvgIpc) is 2.70. The highest BCUT2D eigenvalue weighted by atomic mass is 16.1. The van der Waals surface area contributed by atoms with Crippen molar-refractivity contribution in [3.63, 3.8) is 0 Å². The molecule has 0 saturated heterocycles. The van der Waals surface area contributed by atoms with Gasteiger partial charge in [0.05, 0.1) is 20.1 Å². The largest absolute Gasteiger partial charge is 0.307 e. The van der Waals surface area contributed by atoms with Gasteiger partial charge in [-0.25, -0.2) is 0 Å². The lowest BCUT2D eigenvalue weighted by Gasteiger charge is -2.38. The summed E-state index contributed by atoms with van der Waals surface area (Å²) in [5, 5.41) is 3.20. The maximum atomic E-state index is 12.1. The summed E-state index contributed by atoms with van der Waals surface area (Å²) >= 11 is 0. The molecule has 0 heterocycles. The summed E-state index contributed by atoms with van der Waals surface area (Å²) in [6.07, 6.45) is 22.5. The van der Waals surface area contributed by atoms with Gasteiger partial charge in [0.25, 0.3) is 0 Å². The van der Waals surface area contributed by atoms with Gasteiger partial charge in [0.15, 0.2) is 6.17 Å². The number of nitrogens with one attached hydrogen (secondary N) is 1. The number of carbonyl (C=O) groups excluding carboxylic acids is 1. The van der Waals surface area contributed by atoms with Gasteiger partial charge in [0, 0.05) is 13.3 Å². The Morgan fingerprint density at radius 2 is 1.25 bits per heavy atom. The normalized spacial score (nSPS) is 13.2. The van der Waals surface area contributed by atoms with Crippen LogP contribution < -0.4 is 5.32 Å². The van der Waals surface area contributed by atoms with Gasteiger partial charge in [-0.05, 0) is 46.0 Å². The van der Waals surface area contributed by atoms with E-state index in [4.69, 9.17) is 0 Å². The van der Waals surface area contributed by atoms with Crippen molar-refractivity contribution in [2.75, 3.05) is 20.1 Å². The molecular formula is C25H51N2O+. The van der Waals surface area contributed by atoms with Crippen molar-refractivity contribution in [3.05, 3.63) is 12.2 Å². The minimum atomic E-state index is 0.200. The van der Waals surface area contributed by atoms with E-state index >= 15 is 0 Å². The molecule has 0 aromatic rings. The van der Waals surface area contributed by atoms with Crippen LogP contribution in [0.1, 0.15) is 118 Å². The summed E-state index contributed by atoms with van der Waals surface area (Å²) in [6, 6.07) is 0. The molecular weight excluding hydrogens is 344 g/mol. The van der Waals surface area contributed by atoms with Gasteiger partial charge < -0.3 is 9.80 Å². The third-order valence-electron chi connectivity index (χ3n) is 6.42. The Kier molecular flexibility index (Phi) is 17.7. The van der Waals surface area contributed by atoms with Gasteiger partial charge in [-0.2, -0.15) is 0 Å². The standard InChI is InChI=1S/C25H50N2O/c1-6-9-10-11-12-13-14-15-16-17-18-19-20-21-22-23-25(28)26-24(4)27(5,7-2)8-3/h15-16,24H,6-14,17-23H2,1-5H3/p+1/b16-15-. The fraction of sp³-hybridized carbons (Fsp3) is 0.880. The summed E-state index contributed by atoms with van der Waals surface area (Å²) in [5.74, 6) is 0.219. The van der Waals surface area contributed by atoms with Crippen LogP contribution in [0.15, 0.2) is 12.2 Å².